The lowest BCUT2D eigenvalue weighted by Gasteiger charge is -2.27. The number of nitrogens with zero attached hydrogens (tertiary/aromatic N) is 4. The predicted molar refractivity (Wildman–Crippen MR) is 78.5 cm³/mol. The Morgan fingerprint density at radius 2 is 2.30 bits per heavy atom. The second-order valence-corrected chi connectivity index (χ2v) is 6.11. The maximum Gasteiger partial charge on any atom is 0.0926 e. The van der Waals surface area contributed by atoms with Crippen LogP contribution in [0.15, 0.2) is 5.51 Å². The number of fused-ring (bicyclic) bond motifs is 1. The molecule has 0 radical (unpaired) electrons. The van der Waals surface area contributed by atoms with Crippen LogP contribution in [-0.4, -0.2) is 31.3 Å². The van der Waals surface area contributed by atoms with Gasteiger partial charge >= 0.3 is 0 Å². The van der Waals surface area contributed by atoms with Crippen LogP contribution in [0.5, 0.6) is 0 Å². The summed E-state index contributed by atoms with van der Waals surface area (Å²) < 4.78 is 2.04. The van der Waals surface area contributed by atoms with Gasteiger partial charge in [-0.1, -0.05) is 0 Å². The van der Waals surface area contributed by atoms with Crippen molar-refractivity contribution >= 4 is 11.3 Å². The van der Waals surface area contributed by atoms with Crippen molar-refractivity contribution in [1.82, 2.24) is 19.7 Å². The average Bonchev–Trinajstić information content (AvgIpc) is 3.02. The zero-order chi connectivity index (χ0) is 14.1. The summed E-state index contributed by atoms with van der Waals surface area (Å²) in [5, 5.41) is 14.0. The summed E-state index contributed by atoms with van der Waals surface area (Å²) in [6.45, 7) is 7.93. The molecule has 3 rings (SSSR count). The van der Waals surface area contributed by atoms with Crippen LogP contribution < -0.4 is 0 Å². The highest BCUT2D eigenvalue weighted by Crippen LogP contribution is 2.25. The molecule has 0 aliphatic carbocycles. The number of rotatable bonds is 4. The third-order valence-corrected chi connectivity index (χ3v) is 4.88. The van der Waals surface area contributed by atoms with E-state index in [4.69, 9.17) is 0 Å². The lowest BCUT2D eigenvalue weighted by molar-refractivity contribution is 0.237. The fourth-order valence-corrected chi connectivity index (χ4v) is 3.64. The maximum atomic E-state index is 9.49. The van der Waals surface area contributed by atoms with E-state index in [1.165, 1.54) is 16.1 Å². The smallest absolute Gasteiger partial charge is 0.0926 e. The van der Waals surface area contributed by atoms with Crippen molar-refractivity contribution in [3.63, 3.8) is 0 Å². The second kappa shape index (κ2) is 5.63. The molecule has 2 aromatic heterocycles. The molecule has 0 unspecified atom stereocenters. The minimum Gasteiger partial charge on any atom is -0.390 e. The lowest BCUT2D eigenvalue weighted by atomic mass is 10.1. The zero-order valence-electron chi connectivity index (χ0n) is 12.0. The van der Waals surface area contributed by atoms with E-state index in [0.29, 0.717) is 0 Å². The number of hydrogen-bond acceptors (Lipinski definition) is 5. The zero-order valence-corrected chi connectivity index (χ0v) is 12.8. The Hall–Kier alpha value is -1.24. The van der Waals surface area contributed by atoms with E-state index in [2.05, 4.69) is 28.8 Å². The highest BCUT2D eigenvalue weighted by atomic mass is 32.1. The molecule has 0 bridgehead atoms. The van der Waals surface area contributed by atoms with E-state index < -0.39 is 0 Å². The SMILES string of the molecule is CCn1nc(CO)c2c1CCN(Cc1scnc1C)C2. The summed E-state index contributed by atoms with van der Waals surface area (Å²) in [5.74, 6) is 0. The molecule has 1 aliphatic heterocycles. The quantitative estimate of drug-likeness (QED) is 0.932. The lowest BCUT2D eigenvalue weighted by Crippen LogP contribution is -2.31. The third kappa shape index (κ3) is 2.39. The number of aryl methyl sites for hydroxylation is 2. The molecule has 0 aromatic carbocycles. The van der Waals surface area contributed by atoms with Gasteiger partial charge in [0, 0.05) is 48.7 Å². The Balaban J connectivity index is 1.81. The van der Waals surface area contributed by atoms with Gasteiger partial charge in [-0.15, -0.1) is 11.3 Å². The molecule has 6 heteroatoms. The van der Waals surface area contributed by atoms with Gasteiger partial charge in [0.1, 0.15) is 0 Å². The molecular formula is C14H20N4OS. The minimum absolute atomic E-state index is 0.0305. The molecule has 0 spiro atoms. The fourth-order valence-electron chi connectivity index (χ4n) is 2.82. The number of aliphatic hydroxyl groups excluding tert-OH is 1. The summed E-state index contributed by atoms with van der Waals surface area (Å²) in [6.07, 6.45) is 1.01. The van der Waals surface area contributed by atoms with E-state index in [1.54, 1.807) is 11.3 Å². The molecule has 0 saturated heterocycles. The molecule has 0 fully saturated rings. The van der Waals surface area contributed by atoms with Gasteiger partial charge in [0.2, 0.25) is 0 Å². The number of aromatic nitrogens is 3. The molecule has 0 atom stereocenters. The van der Waals surface area contributed by atoms with Crippen molar-refractivity contribution < 1.29 is 5.11 Å². The first-order valence-corrected chi connectivity index (χ1v) is 7.90. The fraction of sp³-hybridized carbons (Fsp3) is 0.571. The van der Waals surface area contributed by atoms with E-state index in [1.807, 2.05) is 10.2 Å². The number of hydrogen-bond donors (Lipinski definition) is 1. The second-order valence-electron chi connectivity index (χ2n) is 5.17. The van der Waals surface area contributed by atoms with Crippen LogP contribution in [0.1, 0.15) is 34.4 Å². The third-order valence-electron chi connectivity index (χ3n) is 3.96. The Bertz CT molecular complexity index is 604. The van der Waals surface area contributed by atoms with Crippen LogP contribution in [-0.2, 0) is 32.7 Å². The number of aliphatic hydroxyl groups is 1. The first-order chi connectivity index (χ1) is 9.72. The van der Waals surface area contributed by atoms with Gasteiger partial charge in [0.25, 0.3) is 0 Å². The molecule has 20 heavy (non-hydrogen) atoms. The summed E-state index contributed by atoms with van der Waals surface area (Å²) in [4.78, 5) is 8.07. The van der Waals surface area contributed by atoms with Crippen molar-refractivity contribution in [1.29, 1.82) is 0 Å². The van der Waals surface area contributed by atoms with Crippen molar-refractivity contribution in [3.05, 3.63) is 33.0 Å². The number of thiazole rings is 1. The van der Waals surface area contributed by atoms with Crippen LogP contribution in [0.2, 0.25) is 0 Å². The van der Waals surface area contributed by atoms with Gasteiger partial charge in [-0.2, -0.15) is 5.10 Å². The molecule has 108 valence electrons. The summed E-state index contributed by atoms with van der Waals surface area (Å²) in [6, 6.07) is 0. The van der Waals surface area contributed by atoms with E-state index >= 15 is 0 Å². The minimum atomic E-state index is 0.0305. The van der Waals surface area contributed by atoms with Gasteiger partial charge in [-0.3, -0.25) is 9.58 Å². The summed E-state index contributed by atoms with van der Waals surface area (Å²) >= 11 is 1.72. The molecule has 1 aliphatic rings. The Labute approximate surface area is 122 Å². The highest BCUT2D eigenvalue weighted by Gasteiger charge is 2.24. The van der Waals surface area contributed by atoms with Gasteiger partial charge in [0.15, 0.2) is 0 Å². The van der Waals surface area contributed by atoms with E-state index in [0.717, 1.165) is 44.0 Å². The van der Waals surface area contributed by atoms with Crippen molar-refractivity contribution in [2.24, 2.45) is 0 Å². The van der Waals surface area contributed by atoms with Crippen LogP contribution in [0.4, 0.5) is 0 Å². The molecule has 1 N–H and O–H groups in total. The van der Waals surface area contributed by atoms with Gasteiger partial charge in [0.05, 0.1) is 23.5 Å². The average molecular weight is 292 g/mol. The van der Waals surface area contributed by atoms with Crippen LogP contribution in [0.3, 0.4) is 0 Å². The summed E-state index contributed by atoms with van der Waals surface area (Å²) in [5.41, 5.74) is 6.41. The van der Waals surface area contributed by atoms with Gasteiger partial charge in [-0.25, -0.2) is 4.98 Å². The topological polar surface area (TPSA) is 54.2 Å². The van der Waals surface area contributed by atoms with Gasteiger partial charge < -0.3 is 5.11 Å². The molecule has 2 aromatic rings. The highest BCUT2D eigenvalue weighted by molar-refractivity contribution is 7.09. The first kappa shape index (κ1) is 13.7. The van der Waals surface area contributed by atoms with Crippen molar-refractivity contribution in [2.75, 3.05) is 6.54 Å². The normalized spacial score (nSPS) is 15.6. The Kier molecular flexibility index (Phi) is 3.87. The largest absolute Gasteiger partial charge is 0.390 e. The van der Waals surface area contributed by atoms with Crippen LogP contribution in [0.25, 0.3) is 0 Å². The maximum absolute atomic E-state index is 9.49. The standard InChI is InChI=1S/C14H20N4OS/c1-3-18-13-4-5-17(6-11(13)12(8-19)16-18)7-14-10(2)15-9-20-14/h9,19H,3-8H2,1-2H3. The Morgan fingerprint density at radius 3 is 2.95 bits per heavy atom. The van der Waals surface area contributed by atoms with E-state index in [9.17, 15) is 5.11 Å². The van der Waals surface area contributed by atoms with Crippen molar-refractivity contribution in [2.45, 2.75) is 46.5 Å². The first-order valence-electron chi connectivity index (χ1n) is 7.02. The summed E-state index contributed by atoms with van der Waals surface area (Å²) in [7, 11) is 0. The Morgan fingerprint density at radius 1 is 1.45 bits per heavy atom. The van der Waals surface area contributed by atoms with Crippen LogP contribution >= 0.6 is 11.3 Å². The molecule has 3 heterocycles. The molecule has 0 saturated carbocycles. The van der Waals surface area contributed by atoms with Crippen molar-refractivity contribution in [3.8, 4) is 0 Å². The molecule has 0 amide bonds. The van der Waals surface area contributed by atoms with Gasteiger partial charge in [-0.05, 0) is 13.8 Å². The predicted octanol–water partition coefficient (Wildman–Crippen LogP) is 1.72. The molecule has 5 nitrogen and oxygen atoms in total. The van der Waals surface area contributed by atoms with E-state index in [-0.39, 0.29) is 6.61 Å². The monoisotopic (exact) mass is 292 g/mol. The molecular weight excluding hydrogens is 272 g/mol. The van der Waals surface area contributed by atoms with Crippen LogP contribution in [0, 0.1) is 6.92 Å².